The van der Waals surface area contributed by atoms with Gasteiger partial charge in [0, 0.05) is 19.5 Å². The Morgan fingerprint density at radius 2 is 2.03 bits per heavy atom. The second-order valence-electron chi connectivity index (χ2n) is 6.44. The molecule has 3 N–H and O–H groups in total. The summed E-state index contributed by atoms with van der Waals surface area (Å²) in [5.74, 6) is 0.624. The molecule has 2 atom stereocenters. The second kappa shape index (κ2) is 8.26. The number of aromatic hydroxyl groups is 1. The first-order valence-corrected chi connectivity index (χ1v) is 11.9. The first kappa shape index (κ1) is 21.5. The first-order valence-electron chi connectivity index (χ1n) is 8.54. The monoisotopic (exact) mass is 459 g/mol. The normalized spacial score (nSPS) is 17.9. The fourth-order valence-electron chi connectivity index (χ4n) is 2.51. The zero-order valence-electron chi connectivity index (χ0n) is 16.2. The van der Waals surface area contributed by atoms with Crippen LogP contribution < -0.4 is 10.6 Å². The van der Waals surface area contributed by atoms with Gasteiger partial charge in [-0.3, -0.25) is 0 Å². The van der Waals surface area contributed by atoms with Crippen LogP contribution in [0.1, 0.15) is 30.7 Å². The molecule has 13 heteroatoms. The van der Waals surface area contributed by atoms with Crippen LogP contribution in [0.2, 0.25) is 0 Å². The maximum atomic E-state index is 12.3. The van der Waals surface area contributed by atoms with Crippen LogP contribution >= 0.6 is 11.3 Å². The lowest BCUT2D eigenvalue weighted by molar-refractivity contribution is 0.440. The number of rotatable bonds is 6. The van der Waals surface area contributed by atoms with Gasteiger partial charge in [-0.2, -0.15) is 0 Å². The molecule has 0 saturated heterocycles. The summed E-state index contributed by atoms with van der Waals surface area (Å²) in [6.45, 7) is 3.87. The van der Waals surface area contributed by atoms with Gasteiger partial charge in [-0.15, -0.1) is 20.1 Å². The largest absolute Gasteiger partial charge is 0.504 e. The van der Waals surface area contributed by atoms with Gasteiger partial charge in [0.2, 0.25) is 0 Å². The standard InChI is InChI=1S/C16H21N5O5S3/c1-5-10(12-6-9(2)7-26-12)17-14-15(20-28(23)19-14)18-11-8-27-16(13(11)22)29(24,25)21(3)4/h6-8,10,22H,5H2,1-4H3,(H,17,19)(H,18,20)/t10-,28?/m1/s1. The number of nitrogens with one attached hydrogen (secondary N) is 2. The number of anilines is 1. The van der Waals surface area contributed by atoms with Crippen molar-refractivity contribution >= 4 is 49.9 Å². The first-order chi connectivity index (χ1) is 13.6. The smallest absolute Gasteiger partial charge is 0.269 e. The molecule has 0 radical (unpaired) electrons. The van der Waals surface area contributed by atoms with Crippen molar-refractivity contribution in [2.45, 2.75) is 30.5 Å². The molecule has 29 heavy (non-hydrogen) atoms. The molecule has 0 spiro atoms. The summed E-state index contributed by atoms with van der Waals surface area (Å²) in [5.41, 5.74) is 1.10. The van der Waals surface area contributed by atoms with Crippen LogP contribution in [0.5, 0.6) is 5.75 Å². The van der Waals surface area contributed by atoms with Crippen molar-refractivity contribution in [3.63, 3.8) is 0 Å². The van der Waals surface area contributed by atoms with Gasteiger partial charge >= 0.3 is 0 Å². The van der Waals surface area contributed by atoms with Gasteiger partial charge in [0.25, 0.3) is 21.2 Å². The fraction of sp³-hybridized carbons (Fsp3) is 0.375. The summed E-state index contributed by atoms with van der Waals surface area (Å²) in [6.07, 6.45) is 2.30. The Kier molecular flexibility index (Phi) is 6.12. The SMILES string of the molecule is CC[C@@H](NC1=NS(=O)N=C1Nc1csc(S(=O)(=O)N(C)C)c1O)c1cc(C)co1. The van der Waals surface area contributed by atoms with Crippen molar-refractivity contribution in [1.82, 2.24) is 9.62 Å². The number of hydrogen-bond donors (Lipinski definition) is 3. The van der Waals surface area contributed by atoms with E-state index in [0.29, 0.717) is 12.2 Å². The predicted octanol–water partition coefficient (Wildman–Crippen LogP) is 2.15. The van der Waals surface area contributed by atoms with Gasteiger partial charge in [0.1, 0.15) is 5.76 Å². The topological polar surface area (TPSA) is 137 Å². The molecule has 3 heterocycles. The molecule has 2 aromatic heterocycles. The molecule has 0 aromatic carbocycles. The van der Waals surface area contributed by atoms with E-state index in [-0.39, 0.29) is 27.6 Å². The zero-order chi connectivity index (χ0) is 21.3. The van der Waals surface area contributed by atoms with Crippen molar-refractivity contribution in [3.8, 4) is 5.75 Å². The molecule has 1 aliphatic heterocycles. The third kappa shape index (κ3) is 4.37. The lowest BCUT2D eigenvalue weighted by Crippen LogP contribution is -2.36. The van der Waals surface area contributed by atoms with Gasteiger partial charge in [-0.05, 0) is 25.0 Å². The van der Waals surface area contributed by atoms with E-state index in [2.05, 4.69) is 19.4 Å². The van der Waals surface area contributed by atoms with E-state index in [9.17, 15) is 17.7 Å². The summed E-state index contributed by atoms with van der Waals surface area (Å²) in [4.78, 5) is 0. The molecule has 0 saturated carbocycles. The van der Waals surface area contributed by atoms with Gasteiger partial charge in [0.05, 0.1) is 18.0 Å². The van der Waals surface area contributed by atoms with Crippen LogP contribution in [0.3, 0.4) is 0 Å². The second-order valence-corrected chi connectivity index (χ2v) is 10.5. The molecule has 1 unspecified atom stereocenters. The molecule has 0 amide bonds. The van der Waals surface area contributed by atoms with Crippen molar-refractivity contribution in [2.75, 3.05) is 19.4 Å². The number of aryl methyl sites for hydroxylation is 1. The minimum atomic E-state index is -3.80. The van der Waals surface area contributed by atoms with Crippen molar-refractivity contribution in [3.05, 3.63) is 29.0 Å². The lowest BCUT2D eigenvalue weighted by atomic mass is 10.1. The minimum absolute atomic E-state index is 0.129. The Balaban J connectivity index is 1.83. The third-order valence-electron chi connectivity index (χ3n) is 4.08. The van der Waals surface area contributed by atoms with Crippen molar-refractivity contribution in [2.24, 2.45) is 8.80 Å². The summed E-state index contributed by atoms with van der Waals surface area (Å²) < 4.78 is 50.7. The highest BCUT2D eigenvalue weighted by atomic mass is 32.2. The quantitative estimate of drug-likeness (QED) is 0.602. The van der Waals surface area contributed by atoms with E-state index < -0.39 is 26.9 Å². The van der Waals surface area contributed by atoms with Crippen LogP contribution in [-0.2, 0) is 21.2 Å². The zero-order valence-corrected chi connectivity index (χ0v) is 18.6. The van der Waals surface area contributed by atoms with E-state index in [0.717, 1.165) is 21.2 Å². The average molecular weight is 460 g/mol. The Morgan fingerprint density at radius 1 is 1.34 bits per heavy atom. The molecule has 0 fully saturated rings. The van der Waals surface area contributed by atoms with Gasteiger partial charge in [-0.25, -0.2) is 16.9 Å². The number of thiophene rings is 1. The summed E-state index contributed by atoms with van der Waals surface area (Å²) in [6, 6.07) is 1.66. The molecular weight excluding hydrogens is 438 g/mol. The van der Waals surface area contributed by atoms with Gasteiger partial charge in [-0.1, -0.05) is 6.92 Å². The molecule has 158 valence electrons. The number of amidine groups is 2. The molecule has 1 aliphatic rings. The number of hydrogen-bond acceptors (Lipinski definition) is 8. The number of sulfonamides is 1. The van der Waals surface area contributed by atoms with Gasteiger partial charge in [0.15, 0.2) is 21.6 Å². The molecular formula is C16H21N5O5S3. The summed E-state index contributed by atoms with van der Waals surface area (Å²) in [7, 11) is -1.04. The Morgan fingerprint density at radius 3 is 2.62 bits per heavy atom. The van der Waals surface area contributed by atoms with Crippen LogP contribution in [0.25, 0.3) is 0 Å². The molecule has 10 nitrogen and oxygen atoms in total. The Bertz CT molecular complexity index is 1100. The van der Waals surface area contributed by atoms with Crippen molar-refractivity contribution < 1.29 is 22.2 Å². The maximum absolute atomic E-state index is 12.3. The fourth-order valence-corrected chi connectivity index (χ4v) is 5.52. The lowest BCUT2D eigenvalue weighted by Gasteiger charge is -2.16. The van der Waals surface area contributed by atoms with Crippen LogP contribution in [0.4, 0.5) is 5.69 Å². The van der Waals surface area contributed by atoms with E-state index in [1.165, 1.54) is 19.5 Å². The van der Waals surface area contributed by atoms with E-state index in [1.807, 2.05) is 19.9 Å². The molecule has 0 aliphatic carbocycles. The predicted molar refractivity (Wildman–Crippen MR) is 113 cm³/mol. The number of furan rings is 1. The number of nitrogens with zero attached hydrogens (tertiary/aromatic N) is 3. The average Bonchev–Trinajstić information content (AvgIpc) is 3.33. The molecule has 2 aromatic rings. The van der Waals surface area contributed by atoms with Crippen molar-refractivity contribution in [1.29, 1.82) is 0 Å². The van der Waals surface area contributed by atoms with Crippen LogP contribution in [0, 0.1) is 6.92 Å². The van der Waals surface area contributed by atoms with Crippen LogP contribution in [0.15, 0.2) is 35.1 Å². The maximum Gasteiger partial charge on any atom is 0.269 e. The van der Waals surface area contributed by atoms with E-state index >= 15 is 0 Å². The van der Waals surface area contributed by atoms with E-state index in [4.69, 9.17) is 4.42 Å². The Labute approximate surface area is 175 Å². The highest BCUT2D eigenvalue weighted by Crippen LogP contribution is 2.38. The Hall–Kier alpha value is -2.22. The van der Waals surface area contributed by atoms with Crippen LogP contribution in [-0.4, -0.2) is 47.8 Å². The third-order valence-corrected chi connectivity index (χ3v) is 8.06. The highest BCUT2D eigenvalue weighted by Gasteiger charge is 2.29. The minimum Gasteiger partial charge on any atom is -0.504 e. The molecule has 0 bridgehead atoms. The van der Waals surface area contributed by atoms with E-state index in [1.54, 1.807) is 6.26 Å². The summed E-state index contributed by atoms with van der Waals surface area (Å²) in [5, 5.41) is 17.8. The summed E-state index contributed by atoms with van der Waals surface area (Å²) >= 11 is -0.968. The highest BCUT2D eigenvalue weighted by molar-refractivity contribution is 7.91. The molecule has 3 rings (SSSR count). The van der Waals surface area contributed by atoms with Gasteiger partial charge < -0.3 is 20.2 Å².